The van der Waals surface area contributed by atoms with Crippen molar-refractivity contribution in [1.82, 2.24) is 19.9 Å². The van der Waals surface area contributed by atoms with E-state index in [1.165, 1.54) is 0 Å². The van der Waals surface area contributed by atoms with E-state index in [4.69, 9.17) is 23.2 Å². The second-order valence-electron chi connectivity index (χ2n) is 4.76. The van der Waals surface area contributed by atoms with Crippen LogP contribution < -0.4 is 5.32 Å². The quantitative estimate of drug-likeness (QED) is 0.843. The molecule has 0 amide bonds. The van der Waals surface area contributed by atoms with Crippen molar-refractivity contribution < 1.29 is 5.11 Å². The third-order valence-corrected chi connectivity index (χ3v) is 2.61. The van der Waals surface area contributed by atoms with Gasteiger partial charge in [-0.05, 0) is 37.6 Å². The summed E-state index contributed by atoms with van der Waals surface area (Å²) in [6.45, 7) is 3.61. The van der Waals surface area contributed by atoms with Gasteiger partial charge < -0.3 is 10.4 Å². The van der Waals surface area contributed by atoms with Crippen molar-refractivity contribution in [2.24, 2.45) is 0 Å². The van der Waals surface area contributed by atoms with Gasteiger partial charge in [-0.2, -0.15) is 15.0 Å². The third kappa shape index (κ3) is 4.26. The molecule has 0 aliphatic carbocycles. The molecule has 0 bridgehead atoms. The average Bonchev–Trinajstić information content (AvgIpc) is 2.35. The minimum absolute atomic E-state index is 0.0371. The second-order valence-corrected chi connectivity index (χ2v) is 5.49. The van der Waals surface area contributed by atoms with Crippen LogP contribution in [0, 0.1) is 0 Å². The Morgan fingerprint density at radius 1 is 1.15 bits per heavy atom. The van der Waals surface area contributed by atoms with Crippen molar-refractivity contribution in [3.05, 3.63) is 28.6 Å². The Bertz CT molecular complexity index is 615. The zero-order valence-corrected chi connectivity index (χ0v) is 12.4. The molecule has 0 aromatic carbocycles. The van der Waals surface area contributed by atoms with Gasteiger partial charge >= 0.3 is 0 Å². The fourth-order valence-electron chi connectivity index (χ4n) is 1.37. The Hall–Kier alpha value is -1.50. The van der Waals surface area contributed by atoms with Gasteiger partial charge in [-0.25, -0.2) is 4.98 Å². The number of halogens is 2. The van der Waals surface area contributed by atoms with Crippen LogP contribution >= 0.6 is 23.2 Å². The summed E-state index contributed by atoms with van der Waals surface area (Å²) in [5.41, 5.74) is -0.402. The van der Waals surface area contributed by atoms with Crippen LogP contribution in [0.15, 0.2) is 18.2 Å². The number of aliphatic hydroxyl groups is 1. The highest BCUT2D eigenvalue weighted by atomic mass is 35.5. The molecule has 2 N–H and O–H groups in total. The van der Waals surface area contributed by atoms with Crippen LogP contribution in [-0.2, 0) is 0 Å². The van der Waals surface area contributed by atoms with E-state index >= 15 is 0 Å². The highest BCUT2D eigenvalue weighted by Gasteiger charge is 2.14. The molecule has 8 heteroatoms. The maximum absolute atomic E-state index is 9.67. The number of rotatable bonds is 4. The molecule has 0 saturated heterocycles. The molecular weight excluding hydrogens is 301 g/mol. The molecular formula is C12H13Cl2N5O. The van der Waals surface area contributed by atoms with Gasteiger partial charge in [0.25, 0.3) is 0 Å². The lowest BCUT2D eigenvalue weighted by Crippen LogP contribution is -2.30. The van der Waals surface area contributed by atoms with Gasteiger partial charge in [-0.3, -0.25) is 0 Å². The number of pyridine rings is 1. The van der Waals surface area contributed by atoms with Crippen LogP contribution in [0.1, 0.15) is 13.8 Å². The van der Waals surface area contributed by atoms with E-state index in [9.17, 15) is 5.11 Å². The van der Waals surface area contributed by atoms with Crippen molar-refractivity contribution >= 4 is 29.2 Å². The van der Waals surface area contributed by atoms with Crippen molar-refractivity contribution in [3.63, 3.8) is 0 Å². The first-order valence-electron chi connectivity index (χ1n) is 5.84. The van der Waals surface area contributed by atoms with Crippen LogP contribution in [0.2, 0.25) is 10.4 Å². The summed E-state index contributed by atoms with van der Waals surface area (Å²) in [5, 5.41) is 12.9. The van der Waals surface area contributed by atoms with Crippen LogP contribution in [0.5, 0.6) is 0 Å². The molecule has 0 spiro atoms. The molecule has 6 nitrogen and oxygen atoms in total. The summed E-state index contributed by atoms with van der Waals surface area (Å²) in [4.78, 5) is 16.3. The standard InChI is InChI=1S/C12H13Cl2N5O/c1-12(2,20)6-15-11-18-9(17-10(14)19-11)7-4-3-5-8(13)16-7/h3-5,20H,6H2,1-2H3,(H,15,17,18,19). The molecule has 2 aromatic heterocycles. The fraction of sp³-hybridized carbons (Fsp3) is 0.333. The Balaban J connectivity index is 2.29. The molecule has 0 atom stereocenters. The van der Waals surface area contributed by atoms with Crippen molar-refractivity contribution in [3.8, 4) is 11.5 Å². The summed E-state index contributed by atoms with van der Waals surface area (Å²) in [6, 6.07) is 5.12. The van der Waals surface area contributed by atoms with Crippen LogP contribution in [0.25, 0.3) is 11.5 Å². The Kier molecular flexibility index (Phi) is 4.37. The monoisotopic (exact) mass is 313 g/mol. The lowest BCUT2D eigenvalue weighted by molar-refractivity contribution is 0.0943. The number of aromatic nitrogens is 4. The van der Waals surface area contributed by atoms with Gasteiger partial charge in [-0.1, -0.05) is 17.7 Å². The van der Waals surface area contributed by atoms with E-state index in [0.29, 0.717) is 16.7 Å². The van der Waals surface area contributed by atoms with Crippen molar-refractivity contribution in [2.75, 3.05) is 11.9 Å². The number of nitrogens with one attached hydrogen (secondary N) is 1. The number of hydrogen-bond acceptors (Lipinski definition) is 6. The van der Waals surface area contributed by atoms with Gasteiger partial charge in [0.05, 0.1) is 5.60 Å². The summed E-state index contributed by atoms with van der Waals surface area (Å²) >= 11 is 11.7. The number of hydrogen-bond donors (Lipinski definition) is 2. The summed E-state index contributed by atoms with van der Waals surface area (Å²) in [6.07, 6.45) is 0. The van der Waals surface area contributed by atoms with E-state index in [-0.39, 0.29) is 17.8 Å². The Labute approximate surface area is 126 Å². The highest BCUT2D eigenvalue weighted by Crippen LogP contribution is 2.18. The summed E-state index contributed by atoms with van der Waals surface area (Å²) in [5.74, 6) is 0.578. The maximum Gasteiger partial charge on any atom is 0.227 e. The minimum atomic E-state index is -0.895. The minimum Gasteiger partial charge on any atom is -0.389 e. The smallest absolute Gasteiger partial charge is 0.227 e. The van der Waals surface area contributed by atoms with E-state index in [2.05, 4.69) is 25.3 Å². The number of nitrogens with zero attached hydrogens (tertiary/aromatic N) is 4. The Morgan fingerprint density at radius 3 is 2.55 bits per heavy atom. The molecule has 2 aromatic rings. The lowest BCUT2D eigenvalue weighted by Gasteiger charge is -2.17. The van der Waals surface area contributed by atoms with E-state index in [1.807, 2.05) is 0 Å². The van der Waals surface area contributed by atoms with E-state index in [1.54, 1.807) is 32.0 Å². The van der Waals surface area contributed by atoms with Crippen LogP contribution in [0.3, 0.4) is 0 Å². The molecule has 0 aliphatic heterocycles. The first kappa shape index (κ1) is 14.9. The molecule has 106 valence electrons. The first-order valence-corrected chi connectivity index (χ1v) is 6.60. The molecule has 0 aliphatic rings. The summed E-state index contributed by atoms with van der Waals surface area (Å²) in [7, 11) is 0. The predicted octanol–water partition coefficient (Wildman–Crippen LogP) is 2.42. The molecule has 0 radical (unpaired) electrons. The SMILES string of the molecule is CC(C)(O)CNc1nc(Cl)nc(-c2cccc(Cl)n2)n1. The van der Waals surface area contributed by atoms with Gasteiger partial charge in [-0.15, -0.1) is 0 Å². The molecule has 0 fully saturated rings. The molecule has 20 heavy (non-hydrogen) atoms. The Morgan fingerprint density at radius 2 is 1.90 bits per heavy atom. The van der Waals surface area contributed by atoms with E-state index in [0.717, 1.165) is 0 Å². The van der Waals surface area contributed by atoms with E-state index < -0.39 is 5.60 Å². The fourth-order valence-corrected chi connectivity index (χ4v) is 1.70. The highest BCUT2D eigenvalue weighted by molar-refractivity contribution is 6.29. The van der Waals surface area contributed by atoms with Crippen LogP contribution in [0.4, 0.5) is 5.95 Å². The lowest BCUT2D eigenvalue weighted by atomic mass is 10.1. The van der Waals surface area contributed by atoms with Crippen molar-refractivity contribution in [2.45, 2.75) is 19.4 Å². The summed E-state index contributed by atoms with van der Waals surface area (Å²) < 4.78 is 0. The van der Waals surface area contributed by atoms with Crippen LogP contribution in [-0.4, -0.2) is 37.2 Å². The molecule has 0 unspecified atom stereocenters. The average molecular weight is 314 g/mol. The molecule has 2 rings (SSSR count). The first-order chi connectivity index (χ1) is 9.33. The largest absolute Gasteiger partial charge is 0.389 e. The topological polar surface area (TPSA) is 83.8 Å². The van der Waals surface area contributed by atoms with Gasteiger partial charge in [0.15, 0.2) is 5.82 Å². The van der Waals surface area contributed by atoms with Crippen molar-refractivity contribution in [1.29, 1.82) is 0 Å². The third-order valence-electron chi connectivity index (χ3n) is 2.23. The van der Waals surface area contributed by atoms with Gasteiger partial charge in [0.1, 0.15) is 10.8 Å². The normalized spacial score (nSPS) is 11.4. The van der Waals surface area contributed by atoms with Gasteiger partial charge in [0, 0.05) is 6.54 Å². The zero-order chi connectivity index (χ0) is 14.8. The maximum atomic E-state index is 9.67. The predicted molar refractivity (Wildman–Crippen MR) is 77.9 cm³/mol. The molecule has 2 heterocycles. The second kappa shape index (κ2) is 5.87. The number of anilines is 1. The zero-order valence-electron chi connectivity index (χ0n) is 10.9. The molecule has 0 saturated carbocycles. The van der Waals surface area contributed by atoms with Gasteiger partial charge in [0.2, 0.25) is 11.2 Å².